The van der Waals surface area contributed by atoms with Crippen LogP contribution < -0.4 is 0 Å². The van der Waals surface area contributed by atoms with Crippen molar-refractivity contribution >= 4 is 172 Å². The molecule has 0 N–H and O–H groups in total. The highest BCUT2D eigenvalue weighted by Gasteiger charge is 2.27. The molecule has 0 aliphatic carbocycles. The standard InChI is InChI=1S/2C45H27N3O.C45H27N3S/c1-3-14-28(15-4-1)43-46-44(29-16-5-2-6-17-29)48-45(47-43)37-23-12-11-22-34(37)35-24-13-25-36-40-26-38-32-20-9-7-18-30(32)31-19-8-10-21-33(31)39(38)27-41(40)49-42(35)36;1-3-14-28(15-4-1)43-46-44(29-16-5-2-6-17-29)48-45(47-43)39-23-12-10-21-33(39)36-24-13-25-37-38-27-26-35-32-20-8-7-18-30(32)31-19-9-11-22-34(31)40(35)42(38)49-41(36)37;1-3-14-28(15-4-1)43-46-44(29-16-5-2-6-17-29)48-45(47-43)37-23-12-11-22-34(37)35-24-13-25-36-40-26-38-32-20-9-7-18-30(32)31-19-8-10-21-33(31)39(38)27-41(40)49-42(35)36/h3*1-27H. The number of thiophene rings is 1. The summed E-state index contributed by atoms with van der Waals surface area (Å²) in [5, 5.41) is 29.2. The van der Waals surface area contributed by atoms with Crippen molar-refractivity contribution in [2.45, 2.75) is 0 Å². The van der Waals surface area contributed by atoms with Crippen LogP contribution in [-0.2, 0) is 0 Å². The summed E-state index contributed by atoms with van der Waals surface area (Å²) in [6, 6.07) is 171. The Morgan fingerprint density at radius 1 is 0.136 bits per heavy atom. The summed E-state index contributed by atoms with van der Waals surface area (Å²) < 4.78 is 16.4. The lowest BCUT2D eigenvalue weighted by Gasteiger charge is -2.12. The zero-order chi connectivity index (χ0) is 96.9. The number of nitrogens with zero attached hydrogens (tertiary/aromatic N) is 9. The van der Waals surface area contributed by atoms with E-state index in [2.05, 4.69) is 297 Å². The van der Waals surface area contributed by atoms with E-state index in [1.54, 1.807) is 0 Å². The van der Waals surface area contributed by atoms with Gasteiger partial charge in [0.15, 0.2) is 52.4 Å². The van der Waals surface area contributed by atoms with Crippen LogP contribution in [0, 0.1) is 0 Å². The fourth-order valence-electron chi connectivity index (χ4n) is 21.8. The molecule has 0 radical (unpaired) electrons. The summed E-state index contributed by atoms with van der Waals surface area (Å²) in [5.74, 6) is 5.72. The molecule has 684 valence electrons. The van der Waals surface area contributed by atoms with Crippen molar-refractivity contribution in [3.8, 4) is 136 Å². The number of furan rings is 2. The first-order valence-electron chi connectivity index (χ1n) is 49.4. The first kappa shape index (κ1) is 85.4. The fourth-order valence-corrected chi connectivity index (χ4v) is 23.0. The largest absolute Gasteiger partial charge is 0.455 e. The molecule has 0 atom stereocenters. The van der Waals surface area contributed by atoms with Gasteiger partial charge >= 0.3 is 0 Å². The van der Waals surface area contributed by atoms with E-state index in [1.165, 1.54) is 117 Å². The Morgan fingerprint density at radius 2 is 0.367 bits per heavy atom. The third kappa shape index (κ3) is 14.9. The summed E-state index contributed by atoms with van der Waals surface area (Å²) in [6.07, 6.45) is 0. The molecule has 0 saturated carbocycles. The van der Waals surface area contributed by atoms with Gasteiger partial charge in [0, 0.05) is 114 Å². The maximum Gasteiger partial charge on any atom is 0.164 e. The van der Waals surface area contributed by atoms with Gasteiger partial charge in [-0.15, -0.1) is 11.3 Å². The van der Waals surface area contributed by atoms with Gasteiger partial charge in [0.1, 0.15) is 22.3 Å². The van der Waals surface area contributed by atoms with Gasteiger partial charge in [-0.3, -0.25) is 0 Å². The number of para-hydroxylation sites is 2. The van der Waals surface area contributed by atoms with Crippen LogP contribution in [0.3, 0.4) is 0 Å². The van der Waals surface area contributed by atoms with Crippen LogP contribution in [0.5, 0.6) is 0 Å². The van der Waals surface area contributed by atoms with Gasteiger partial charge in [-0.2, -0.15) is 0 Å². The molecule has 30 rings (SSSR count). The van der Waals surface area contributed by atoms with Gasteiger partial charge in [-0.05, 0) is 139 Å². The second kappa shape index (κ2) is 35.9. The molecule has 147 heavy (non-hydrogen) atoms. The minimum Gasteiger partial charge on any atom is -0.455 e. The molecule has 6 aromatic heterocycles. The average molecular weight is 1890 g/mol. The van der Waals surface area contributed by atoms with Crippen LogP contribution >= 0.6 is 11.3 Å². The first-order chi connectivity index (χ1) is 72.9. The summed E-state index contributed by atoms with van der Waals surface area (Å²) in [5.41, 5.74) is 18.2. The fraction of sp³-hybridized carbons (Fsp3) is 0. The number of benzene rings is 24. The number of hydrogen-bond acceptors (Lipinski definition) is 12. The molecule has 11 nitrogen and oxygen atoms in total. The third-order valence-electron chi connectivity index (χ3n) is 28.6. The molecule has 0 saturated heterocycles. The van der Waals surface area contributed by atoms with Crippen molar-refractivity contribution < 1.29 is 8.83 Å². The Morgan fingerprint density at radius 3 is 0.735 bits per heavy atom. The highest BCUT2D eigenvalue weighted by atomic mass is 32.1. The van der Waals surface area contributed by atoms with E-state index in [9.17, 15) is 0 Å². The van der Waals surface area contributed by atoms with E-state index in [4.69, 9.17) is 53.7 Å². The van der Waals surface area contributed by atoms with Crippen molar-refractivity contribution in [1.82, 2.24) is 44.9 Å². The Hall–Kier alpha value is -19.5. The van der Waals surface area contributed by atoms with Gasteiger partial charge < -0.3 is 8.83 Å². The summed E-state index contributed by atoms with van der Waals surface area (Å²) in [4.78, 5) is 45.1. The monoisotopic (exact) mass is 1890 g/mol. The highest BCUT2D eigenvalue weighted by Crippen LogP contribution is 2.51. The van der Waals surface area contributed by atoms with E-state index in [-0.39, 0.29) is 0 Å². The van der Waals surface area contributed by atoms with Crippen LogP contribution in [0.1, 0.15) is 0 Å². The summed E-state index contributed by atoms with van der Waals surface area (Å²) >= 11 is 1.86. The van der Waals surface area contributed by atoms with Gasteiger partial charge in [-0.1, -0.05) is 461 Å². The number of aromatic nitrogens is 9. The van der Waals surface area contributed by atoms with E-state index in [0.29, 0.717) is 52.4 Å². The topological polar surface area (TPSA) is 142 Å². The van der Waals surface area contributed by atoms with Crippen LogP contribution in [-0.4, -0.2) is 44.9 Å². The maximum absolute atomic E-state index is 7.03. The predicted octanol–water partition coefficient (Wildman–Crippen LogP) is 36.2. The molecule has 0 amide bonds. The predicted molar refractivity (Wildman–Crippen MR) is 610 cm³/mol. The van der Waals surface area contributed by atoms with E-state index in [1.807, 2.05) is 205 Å². The molecule has 0 fully saturated rings. The lowest BCUT2D eigenvalue weighted by atomic mass is 9.93. The molecule has 0 unspecified atom stereocenters. The zero-order valence-corrected chi connectivity index (χ0v) is 79.8. The van der Waals surface area contributed by atoms with Gasteiger partial charge in [0.2, 0.25) is 0 Å². The van der Waals surface area contributed by atoms with Crippen molar-refractivity contribution in [2.24, 2.45) is 0 Å². The second-order valence-corrected chi connectivity index (χ2v) is 38.1. The Labute approximate surface area is 847 Å². The molecular weight excluding hydrogens is 1810 g/mol. The third-order valence-corrected chi connectivity index (χ3v) is 29.8. The number of rotatable bonds is 12. The Kier molecular flexibility index (Phi) is 20.9. The second-order valence-electron chi connectivity index (χ2n) is 37.0. The first-order valence-corrected chi connectivity index (χ1v) is 50.2. The zero-order valence-electron chi connectivity index (χ0n) is 79.0. The van der Waals surface area contributed by atoms with Gasteiger partial charge in [-0.25, -0.2) is 44.9 Å². The molecule has 0 spiro atoms. The normalized spacial score (nSPS) is 11.7. The smallest absolute Gasteiger partial charge is 0.164 e. The van der Waals surface area contributed by atoms with Crippen molar-refractivity contribution in [3.05, 3.63) is 491 Å². The van der Waals surface area contributed by atoms with E-state index < -0.39 is 0 Å². The molecule has 0 aliphatic rings. The minimum absolute atomic E-state index is 0.610. The van der Waals surface area contributed by atoms with Gasteiger partial charge in [0.25, 0.3) is 0 Å². The maximum atomic E-state index is 7.03. The van der Waals surface area contributed by atoms with Crippen LogP contribution in [0.2, 0.25) is 0 Å². The quantitative estimate of drug-likeness (QED) is 0.108. The van der Waals surface area contributed by atoms with Crippen molar-refractivity contribution in [2.75, 3.05) is 0 Å². The van der Waals surface area contributed by atoms with Crippen LogP contribution in [0.15, 0.2) is 500 Å². The van der Waals surface area contributed by atoms with Crippen LogP contribution in [0.4, 0.5) is 0 Å². The molecule has 30 aromatic rings. The SMILES string of the molecule is c1ccc(-c2nc(-c3ccccc3)nc(-c3ccccc3-c3cccc4c3oc3c4ccc4c5ccccc5c5ccccc5c43)n2)cc1.c1ccc(-c2nc(-c3ccccc3)nc(-c3ccccc3-c3cccc4c3oc3cc5c6ccccc6c6ccccc6c5cc34)n2)cc1.c1ccc(-c2nc(-c3ccccc3)nc(-c3ccccc3-c3cccc4c3sc3cc5c6ccccc6c6ccccc6c5cc34)n2)cc1. The molecular formula is C135H81N9O2S. The van der Waals surface area contributed by atoms with E-state index >= 15 is 0 Å². The Balaban J connectivity index is 0.000000107. The van der Waals surface area contributed by atoms with E-state index in [0.717, 1.165) is 127 Å². The van der Waals surface area contributed by atoms with Crippen molar-refractivity contribution in [3.63, 3.8) is 0 Å². The van der Waals surface area contributed by atoms with Crippen molar-refractivity contribution in [1.29, 1.82) is 0 Å². The summed E-state index contributed by atoms with van der Waals surface area (Å²) in [6.45, 7) is 0. The van der Waals surface area contributed by atoms with Crippen LogP contribution in [0.25, 0.3) is 297 Å². The average Bonchev–Trinajstić information content (AvgIpc) is 1.67. The Bertz CT molecular complexity index is 9830. The molecule has 24 aromatic carbocycles. The molecule has 12 heteroatoms. The number of hydrogen-bond donors (Lipinski definition) is 0. The molecule has 0 bridgehead atoms. The minimum atomic E-state index is 0.610. The lowest BCUT2D eigenvalue weighted by molar-refractivity contribution is 0.670. The summed E-state index contributed by atoms with van der Waals surface area (Å²) in [7, 11) is 0. The molecule has 6 heterocycles. The highest BCUT2D eigenvalue weighted by molar-refractivity contribution is 7.26. The number of fused-ring (bicyclic) bond motifs is 28. The molecule has 0 aliphatic heterocycles. The van der Waals surface area contributed by atoms with Gasteiger partial charge in [0.05, 0.1) is 0 Å². The lowest BCUT2D eigenvalue weighted by Crippen LogP contribution is -2.01.